The number of amides is 1. The molecule has 0 unspecified atom stereocenters. The minimum Gasteiger partial charge on any atom is -0.497 e. The van der Waals surface area contributed by atoms with E-state index in [-0.39, 0.29) is 29.4 Å². The molecule has 0 saturated carbocycles. The summed E-state index contributed by atoms with van der Waals surface area (Å²) in [6.07, 6.45) is -1.02. The quantitative estimate of drug-likeness (QED) is 0.178. The molecule has 0 saturated heterocycles. The molecular weight excluding hydrogens is 630 g/mol. The van der Waals surface area contributed by atoms with E-state index in [9.17, 15) is 22.0 Å². The Balaban J connectivity index is 1.58. The van der Waals surface area contributed by atoms with Crippen LogP contribution < -0.4 is 14.8 Å². The second-order valence-corrected chi connectivity index (χ2v) is 12.9. The van der Waals surface area contributed by atoms with Gasteiger partial charge in [0.1, 0.15) is 23.1 Å². The first-order valence-electron chi connectivity index (χ1n) is 14.9. The highest BCUT2D eigenvalue weighted by molar-refractivity contribution is 7.91. The number of hydrogen-bond donors (Lipinski definition) is 2. The standard InChI is InChI=1S/C35H34F2N2O7S/c1-44-27-9-5-8-25(22-27)32-35(18-21-47(42,43)28-10-3-2-4-11-28,34(41)38-23-29-30(36)12-6-13-31(29)37)39-33(46-32)24-14-16-26(17-15-24)45-20-7-19-40/h2-6,8-17,22,32,40H,7,18-21,23H2,1H3,(H,38,41)/t32-,35-/m1/s1. The average Bonchev–Trinajstić information content (AvgIpc) is 3.49. The molecule has 0 fully saturated rings. The summed E-state index contributed by atoms with van der Waals surface area (Å²) in [5, 5.41) is 11.6. The monoisotopic (exact) mass is 664 g/mol. The molecule has 1 aliphatic rings. The fourth-order valence-corrected chi connectivity index (χ4v) is 6.62. The second kappa shape index (κ2) is 14.7. The van der Waals surface area contributed by atoms with E-state index in [0.29, 0.717) is 35.7 Å². The van der Waals surface area contributed by atoms with Crippen LogP contribution in [0.25, 0.3) is 0 Å². The number of ether oxygens (including phenoxy) is 3. The Morgan fingerprint density at radius 3 is 2.34 bits per heavy atom. The van der Waals surface area contributed by atoms with Gasteiger partial charge in [0.15, 0.2) is 21.5 Å². The first-order valence-corrected chi connectivity index (χ1v) is 16.6. The molecule has 246 valence electrons. The number of hydrogen-bond acceptors (Lipinski definition) is 8. The lowest BCUT2D eigenvalue weighted by molar-refractivity contribution is -0.129. The molecule has 5 rings (SSSR count). The van der Waals surface area contributed by atoms with E-state index in [1.807, 2.05) is 0 Å². The van der Waals surface area contributed by atoms with Crippen molar-refractivity contribution in [2.24, 2.45) is 4.99 Å². The summed E-state index contributed by atoms with van der Waals surface area (Å²) in [7, 11) is -2.42. The largest absolute Gasteiger partial charge is 0.497 e. The number of aliphatic imine (C=N–C) groups is 1. The molecule has 0 bridgehead atoms. The lowest BCUT2D eigenvalue weighted by Crippen LogP contribution is -2.49. The zero-order valence-corrected chi connectivity index (χ0v) is 26.4. The van der Waals surface area contributed by atoms with Crippen molar-refractivity contribution < 1.29 is 41.3 Å². The summed E-state index contributed by atoms with van der Waals surface area (Å²) < 4.78 is 73.5. The number of methoxy groups -OCH3 is 1. The Morgan fingerprint density at radius 2 is 1.66 bits per heavy atom. The van der Waals surface area contributed by atoms with Crippen molar-refractivity contribution in [1.29, 1.82) is 0 Å². The maximum absolute atomic E-state index is 14.5. The highest BCUT2D eigenvalue weighted by Crippen LogP contribution is 2.44. The van der Waals surface area contributed by atoms with Gasteiger partial charge in [-0.15, -0.1) is 0 Å². The third kappa shape index (κ3) is 7.61. The van der Waals surface area contributed by atoms with Gasteiger partial charge in [-0.05, 0) is 66.2 Å². The number of nitrogens with zero attached hydrogens (tertiary/aromatic N) is 1. The van der Waals surface area contributed by atoms with E-state index in [1.54, 1.807) is 66.7 Å². The molecule has 0 aromatic heterocycles. The predicted octanol–water partition coefficient (Wildman–Crippen LogP) is 5.17. The number of benzene rings is 4. The van der Waals surface area contributed by atoms with Crippen molar-refractivity contribution in [2.45, 2.75) is 35.9 Å². The van der Waals surface area contributed by atoms with E-state index in [2.05, 4.69) is 5.32 Å². The number of halogens is 2. The van der Waals surface area contributed by atoms with Gasteiger partial charge in [0, 0.05) is 37.1 Å². The van der Waals surface area contributed by atoms with E-state index >= 15 is 0 Å². The van der Waals surface area contributed by atoms with Crippen molar-refractivity contribution in [1.82, 2.24) is 5.32 Å². The van der Waals surface area contributed by atoms with E-state index in [1.165, 1.54) is 25.3 Å². The third-order valence-corrected chi connectivity index (χ3v) is 9.50. The highest BCUT2D eigenvalue weighted by Gasteiger charge is 2.53. The number of carbonyl (C=O) groups excluding carboxylic acids is 1. The Hall–Kier alpha value is -4.81. The van der Waals surface area contributed by atoms with Crippen LogP contribution in [0.5, 0.6) is 11.5 Å². The van der Waals surface area contributed by atoms with Crippen LogP contribution in [-0.4, -0.2) is 56.9 Å². The Morgan fingerprint density at radius 1 is 0.957 bits per heavy atom. The summed E-state index contributed by atoms with van der Waals surface area (Å²) in [5.41, 5.74) is -1.29. The number of aliphatic hydroxyl groups excluding tert-OH is 1. The molecule has 4 aromatic rings. The van der Waals surface area contributed by atoms with Crippen LogP contribution in [0.1, 0.15) is 35.6 Å². The first-order chi connectivity index (χ1) is 22.7. The molecule has 0 aliphatic carbocycles. The number of nitrogens with one attached hydrogen (secondary N) is 1. The number of rotatable bonds is 14. The lowest BCUT2D eigenvalue weighted by atomic mass is 9.85. The highest BCUT2D eigenvalue weighted by atomic mass is 32.2. The van der Waals surface area contributed by atoms with Gasteiger partial charge < -0.3 is 24.6 Å². The van der Waals surface area contributed by atoms with Crippen molar-refractivity contribution in [3.8, 4) is 11.5 Å². The summed E-state index contributed by atoms with van der Waals surface area (Å²) >= 11 is 0. The smallest absolute Gasteiger partial charge is 0.252 e. The van der Waals surface area contributed by atoms with Crippen molar-refractivity contribution in [3.63, 3.8) is 0 Å². The maximum atomic E-state index is 14.5. The van der Waals surface area contributed by atoms with Gasteiger partial charge in [-0.1, -0.05) is 36.4 Å². The predicted molar refractivity (Wildman–Crippen MR) is 171 cm³/mol. The molecule has 4 aromatic carbocycles. The summed E-state index contributed by atoms with van der Waals surface area (Å²) in [4.78, 5) is 19.2. The molecule has 9 nitrogen and oxygen atoms in total. The molecule has 0 radical (unpaired) electrons. The lowest BCUT2D eigenvalue weighted by Gasteiger charge is -2.31. The first kappa shape index (κ1) is 33.6. The molecular formula is C35H34F2N2O7S. The summed E-state index contributed by atoms with van der Waals surface area (Å²) in [6.45, 7) is -0.213. The van der Waals surface area contributed by atoms with Crippen LogP contribution in [0.15, 0.2) is 107 Å². The molecule has 47 heavy (non-hydrogen) atoms. The van der Waals surface area contributed by atoms with Crippen molar-refractivity contribution in [3.05, 3.63) is 125 Å². The van der Waals surface area contributed by atoms with Crippen LogP contribution in [0, 0.1) is 11.6 Å². The fourth-order valence-electron chi connectivity index (χ4n) is 5.23. The SMILES string of the molecule is COc1cccc([C@H]2OC(c3ccc(OCCCO)cc3)=N[C@@]2(CCS(=O)(=O)c2ccccc2)C(=O)NCc2c(F)cccc2F)c1. The van der Waals surface area contributed by atoms with E-state index in [0.717, 1.165) is 12.1 Å². The number of carbonyl (C=O) groups is 1. The Labute approximate surface area is 271 Å². The average molecular weight is 665 g/mol. The van der Waals surface area contributed by atoms with E-state index < -0.39 is 51.3 Å². The van der Waals surface area contributed by atoms with Crippen molar-refractivity contribution in [2.75, 3.05) is 26.1 Å². The van der Waals surface area contributed by atoms with E-state index in [4.69, 9.17) is 24.3 Å². The molecule has 1 heterocycles. The van der Waals surface area contributed by atoms with Gasteiger partial charge in [-0.3, -0.25) is 4.79 Å². The summed E-state index contributed by atoms with van der Waals surface area (Å²) in [6, 6.07) is 24.7. The van der Waals surface area contributed by atoms with Crippen LogP contribution in [-0.2, 0) is 25.9 Å². The number of sulfone groups is 1. The fraction of sp³-hybridized carbons (Fsp3) is 0.257. The van der Waals surface area contributed by atoms with Gasteiger partial charge in [0.2, 0.25) is 5.90 Å². The van der Waals surface area contributed by atoms with Gasteiger partial charge in [0.25, 0.3) is 5.91 Å². The minimum atomic E-state index is -3.90. The van der Waals surface area contributed by atoms with Crippen LogP contribution >= 0.6 is 0 Å². The van der Waals surface area contributed by atoms with Crippen LogP contribution in [0.3, 0.4) is 0 Å². The molecule has 2 N–H and O–H groups in total. The molecule has 1 aliphatic heterocycles. The molecule has 1 amide bonds. The van der Waals surface area contributed by atoms with Crippen LogP contribution in [0.2, 0.25) is 0 Å². The maximum Gasteiger partial charge on any atom is 0.252 e. The summed E-state index contributed by atoms with van der Waals surface area (Å²) in [5.74, 6) is -1.90. The van der Waals surface area contributed by atoms with Crippen molar-refractivity contribution >= 4 is 21.6 Å². The zero-order valence-electron chi connectivity index (χ0n) is 25.6. The topological polar surface area (TPSA) is 124 Å². The van der Waals surface area contributed by atoms with Gasteiger partial charge >= 0.3 is 0 Å². The number of aliphatic hydroxyl groups is 1. The third-order valence-electron chi connectivity index (χ3n) is 7.77. The zero-order chi connectivity index (χ0) is 33.4. The normalized spacial score (nSPS) is 17.4. The second-order valence-electron chi connectivity index (χ2n) is 10.8. The van der Waals surface area contributed by atoms with Gasteiger partial charge in [-0.2, -0.15) is 0 Å². The molecule has 2 atom stereocenters. The Kier molecular flexibility index (Phi) is 10.5. The van der Waals surface area contributed by atoms with Gasteiger partial charge in [-0.25, -0.2) is 22.2 Å². The Bertz CT molecular complexity index is 1820. The molecule has 0 spiro atoms. The van der Waals surface area contributed by atoms with Crippen LogP contribution in [0.4, 0.5) is 8.78 Å². The minimum absolute atomic E-state index is 0.0118. The van der Waals surface area contributed by atoms with Gasteiger partial charge in [0.05, 0.1) is 24.4 Å². The molecule has 12 heteroatoms.